The van der Waals surface area contributed by atoms with Gasteiger partial charge in [0.1, 0.15) is 0 Å². The van der Waals surface area contributed by atoms with Crippen LogP contribution in [-0.2, 0) is 9.53 Å². The van der Waals surface area contributed by atoms with Crippen molar-refractivity contribution in [1.29, 1.82) is 0 Å². The lowest BCUT2D eigenvalue weighted by atomic mass is 10.2. The predicted molar refractivity (Wildman–Crippen MR) is 104 cm³/mol. The van der Waals surface area contributed by atoms with Crippen LogP contribution in [0.25, 0.3) is 0 Å². The number of nitrogens with zero attached hydrogens (tertiary/aromatic N) is 1. The molecule has 2 aromatic rings. The molecule has 1 aromatic carbocycles. The van der Waals surface area contributed by atoms with Gasteiger partial charge in [-0.05, 0) is 58.9 Å². The molecule has 26 heavy (non-hydrogen) atoms. The zero-order valence-corrected chi connectivity index (χ0v) is 16.9. The van der Waals surface area contributed by atoms with Crippen molar-refractivity contribution in [2.24, 2.45) is 0 Å². The van der Waals surface area contributed by atoms with E-state index in [1.54, 1.807) is 18.2 Å². The molecule has 1 N–H and O–H groups in total. The number of carbonyl (C=O) groups is 2. The Morgan fingerprint density at radius 3 is 2.31 bits per heavy atom. The van der Waals surface area contributed by atoms with E-state index in [-0.39, 0.29) is 6.04 Å². The molecule has 1 heterocycles. The molecule has 1 atom stereocenters. The third-order valence-corrected chi connectivity index (χ3v) is 4.61. The smallest absolute Gasteiger partial charge is 0.340 e. The van der Waals surface area contributed by atoms with Gasteiger partial charge in [-0.25, -0.2) is 4.79 Å². The number of hydrogen-bond acceptors (Lipinski definition) is 3. The molecular weight excluding hydrogens is 375 g/mol. The van der Waals surface area contributed by atoms with E-state index in [4.69, 9.17) is 27.9 Å². The van der Waals surface area contributed by atoms with Crippen LogP contribution in [0.4, 0.5) is 5.69 Å². The van der Waals surface area contributed by atoms with E-state index >= 15 is 0 Å². The zero-order chi connectivity index (χ0) is 19.6. The van der Waals surface area contributed by atoms with E-state index in [2.05, 4.69) is 9.88 Å². The highest BCUT2D eigenvalue weighted by molar-refractivity contribution is 6.36. The summed E-state index contributed by atoms with van der Waals surface area (Å²) in [6.07, 6.45) is -0.976. The molecule has 0 spiro atoms. The molecule has 0 bridgehead atoms. The SMILES string of the molecule is Cc1cc(C(=O)O[C@@H](C)C(=O)Nc2ccc(Cl)cc2Cl)c(C)n1C(C)C. The maximum Gasteiger partial charge on any atom is 0.340 e. The van der Waals surface area contributed by atoms with Gasteiger partial charge >= 0.3 is 5.97 Å². The second kappa shape index (κ2) is 8.14. The van der Waals surface area contributed by atoms with Crippen molar-refractivity contribution in [1.82, 2.24) is 4.57 Å². The number of benzene rings is 1. The number of hydrogen-bond donors (Lipinski definition) is 1. The fraction of sp³-hybridized carbons (Fsp3) is 0.368. The highest BCUT2D eigenvalue weighted by Crippen LogP contribution is 2.26. The van der Waals surface area contributed by atoms with E-state index < -0.39 is 18.0 Å². The van der Waals surface area contributed by atoms with E-state index in [0.717, 1.165) is 11.4 Å². The molecule has 2 rings (SSSR count). The van der Waals surface area contributed by atoms with Crippen LogP contribution in [0.1, 0.15) is 48.6 Å². The minimum Gasteiger partial charge on any atom is -0.449 e. The fourth-order valence-corrected chi connectivity index (χ4v) is 3.34. The maximum absolute atomic E-state index is 12.5. The van der Waals surface area contributed by atoms with Gasteiger partial charge in [0.25, 0.3) is 5.91 Å². The fourth-order valence-electron chi connectivity index (χ4n) is 2.88. The number of aromatic nitrogens is 1. The van der Waals surface area contributed by atoms with Crippen molar-refractivity contribution in [2.45, 2.75) is 46.8 Å². The lowest BCUT2D eigenvalue weighted by Crippen LogP contribution is -2.30. The summed E-state index contributed by atoms with van der Waals surface area (Å²) in [6.45, 7) is 9.39. The van der Waals surface area contributed by atoms with Crippen LogP contribution < -0.4 is 5.32 Å². The molecule has 5 nitrogen and oxygen atoms in total. The highest BCUT2D eigenvalue weighted by Gasteiger charge is 2.23. The molecule has 0 aliphatic rings. The molecule has 0 unspecified atom stereocenters. The Hall–Kier alpha value is -1.98. The number of aryl methyl sites for hydroxylation is 1. The first-order chi connectivity index (χ1) is 12.1. The third kappa shape index (κ3) is 4.40. The van der Waals surface area contributed by atoms with E-state index in [0.29, 0.717) is 21.3 Å². The van der Waals surface area contributed by atoms with Crippen molar-refractivity contribution in [3.8, 4) is 0 Å². The number of rotatable bonds is 5. The third-order valence-electron chi connectivity index (χ3n) is 4.06. The summed E-state index contributed by atoms with van der Waals surface area (Å²) in [7, 11) is 0. The maximum atomic E-state index is 12.5. The van der Waals surface area contributed by atoms with Gasteiger partial charge in [0.2, 0.25) is 0 Å². The number of amides is 1. The minimum atomic E-state index is -0.976. The number of carbonyl (C=O) groups excluding carboxylic acids is 2. The minimum absolute atomic E-state index is 0.226. The predicted octanol–water partition coefficient (Wildman–Crippen LogP) is 5.18. The van der Waals surface area contributed by atoms with Crippen molar-refractivity contribution >= 4 is 40.8 Å². The number of ether oxygens (including phenoxy) is 1. The van der Waals surface area contributed by atoms with Crippen molar-refractivity contribution in [3.63, 3.8) is 0 Å². The summed E-state index contributed by atoms with van der Waals surface area (Å²) in [5, 5.41) is 3.41. The van der Waals surface area contributed by atoms with Crippen LogP contribution in [0.5, 0.6) is 0 Å². The average Bonchev–Trinajstić information content (AvgIpc) is 2.84. The summed E-state index contributed by atoms with van der Waals surface area (Å²) >= 11 is 11.9. The van der Waals surface area contributed by atoms with Gasteiger partial charge in [-0.2, -0.15) is 0 Å². The molecule has 140 valence electrons. The van der Waals surface area contributed by atoms with Gasteiger partial charge in [0.05, 0.1) is 16.3 Å². The molecule has 0 saturated carbocycles. The Labute approximate surface area is 163 Å². The van der Waals surface area contributed by atoms with Gasteiger partial charge in [-0.1, -0.05) is 23.2 Å². The van der Waals surface area contributed by atoms with E-state index in [1.807, 2.05) is 27.7 Å². The number of nitrogens with one attached hydrogen (secondary N) is 1. The van der Waals surface area contributed by atoms with Gasteiger partial charge in [0, 0.05) is 22.5 Å². The summed E-state index contributed by atoms with van der Waals surface area (Å²) in [6, 6.07) is 6.73. The summed E-state index contributed by atoms with van der Waals surface area (Å²) in [5.41, 5.74) is 2.65. The van der Waals surface area contributed by atoms with Crippen LogP contribution in [0.3, 0.4) is 0 Å². The summed E-state index contributed by atoms with van der Waals surface area (Å²) in [5.74, 6) is -1.00. The van der Waals surface area contributed by atoms with Crippen LogP contribution in [0.2, 0.25) is 10.0 Å². The van der Waals surface area contributed by atoms with E-state index in [9.17, 15) is 9.59 Å². The molecule has 0 radical (unpaired) electrons. The largest absolute Gasteiger partial charge is 0.449 e. The van der Waals surface area contributed by atoms with Crippen molar-refractivity contribution < 1.29 is 14.3 Å². The van der Waals surface area contributed by atoms with Gasteiger partial charge in [0.15, 0.2) is 6.10 Å². The lowest BCUT2D eigenvalue weighted by molar-refractivity contribution is -0.123. The van der Waals surface area contributed by atoms with Crippen LogP contribution in [-0.4, -0.2) is 22.5 Å². The summed E-state index contributed by atoms with van der Waals surface area (Å²) in [4.78, 5) is 24.8. The molecule has 1 aromatic heterocycles. The first-order valence-corrected chi connectivity index (χ1v) is 9.02. The topological polar surface area (TPSA) is 60.3 Å². The van der Waals surface area contributed by atoms with Crippen molar-refractivity contribution in [3.05, 3.63) is 51.3 Å². The Balaban J connectivity index is 2.09. The van der Waals surface area contributed by atoms with Crippen molar-refractivity contribution in [2.75, 3.05) is 5.32 Å². The Kier molecular flexibility index (Phi) is 6.37. The molecule has 0 fully saturated rings. The average molecular weight is 397 g/mol. The Bertz CT molecular complexity index is 844. The molecule has 0 aliphatic carbocycles. The monoisotopic (exact) mass is 396 g/mol. The lowest BCUT2D eigenvalue weighted by Gasteiger charge is -2.15. The number of halogens is 2. The van der Waals surface area contributed by atoms with Gasteiger partial charge in [-0.15, -0.1) is 0 Å². The second-order valence-corrected chi connectivity index (χ2v) is 7.25. The first-order valence-electron chi connectivity index (χ1n) is 8.27. The molecule has 1 amide bonds. The normalized spacial score (nSPS) is 12.2. The van der Waals surface area contributed by atoms with Crippen LogP contribution in [0.15, 0.2) is 24.3 Å². The van der Waals surface area contributed by atoms with E-state index in [1.165, 1.54) is 13.0 Å². The van der Waals surface area contributed by atoms with Crippen LogP contribution >= 0.6 is 23.2 Å². The Morgan fingerprint density at radius 2 is 1.77 bits per heavy atom. The quantitative estimate of drug-likeness (QED) is 0.708. The molecule has 0 aliphatic heterocycles. The standard InChI is InChI=1S/C19H22Cl2N2O3/c1-10(2)23-11(3)8-15(12(23)4)19(25)26-13(5)18(24)22-17-7-6-14(20)9-16(17)21/h6-10,13H,1-5H3,(H,22,24)/t13-/m0/s1. The molecular formula is C19H22Cl2N2O3. The Morgan fingerprint density at radius 1 is 1.12 bits per heavy atom. The molecule has 7 heteroatoms. The first kappa shape index (κ1) is 20.3. The summed E-state index contributed by atoms with van der Waals surface area (Å²) < 4.78 is 7.38. The highest BCUT2D eigenvalue weighted by atomic mass is 35.5. The zero-order valence-electron chi connectivity index (χ0n) is 15.4. The number of anilines is 1. The van der Waals surface area contributed by atoms with Gasteiger partial charge < -0.3 is 14.6 Å². The second-order valence-electron chi connectivity index (χ2n) is 6.41. The van der Waals surface area contributed by atoms with Gasteiger partial charge in [-0.3, -0.25) is 4.79 Å². The molecule has 0 saturated heterocycles. The van der Waals surface area contributed by atoms with Crippen LogP contribution in [0, 0.1) is 13.8 Å². The number of esters is 1.